The van der Waals surface area contributed by atoms with Gasteiger partial charge in [-0.05, 0) is 25.0 Å². The molecule has 0 bridgehead atoms. The van der Waals surface area contributed by atoms with Crippen molar-refractivity contribution in [3.63, 3.8) is 0 Å². The molecule has 1 amide bonds. The van der Waals surface area contributed by atoms with E-state index in [0.717, 1.165) is 32.1 Å². The van der Waals surface area contributed by atoms with Crippen LogP contribution in [-0.4, -0.2) is 32.1 Å². The molecule has 0 spiro atoms. The van der Waals surface area contributed by atoms with Crippen LogP contribution in [0.1, 0.15) is 58.2 Å². The molecular formula is C24H33N5O4. The number of hydrogen-bond acceptors (Lipinski definition) is 5. The molecular weight excluding hydrogens is 422 g/mol. The molecule has 2 aromatic heterocycles. The van der Waals surface area contributed by atoms with Crippen LogP contribution >= 0.6 is 0 Å². The highest BCUT2D eigenvalue weighted by atomic mass is 16.5. The largest absolute Gasteiger partial charge is 0.497 e. The number of aryl methyl sites for hydroxylation is 3. The molecule has 0 atom stereocenters. The zero-order valence-electron chi connectivity index (χ0n) is 19.6. The van der Waals surface area contributed by atoms with Gasteiger partial charge in [-0.15, -0.1) is 0 Å². The van der Waals surface area contributed by atoms with Crippen LogP contribution in [0.5, 0.6) is 5.75 Å². The summed E-state index contributed by atoms with van der Waals surface area (Å²) in [6.07, 6.45) is 5.23. The predicted molar refractivity (Wildman–Crippen MR) is 129 cm³/mol. The number of aromatic amines is 1. The molecule has 0 fully saturated rings. The molecule has 2 heterocycles. The second kappa shape index (κ2) is 11.5. The van der Waals surface area contributed by atoms with E-state index in [1.165, 1.54) is 4.57 Å². The van der Waals surface area contributed by atoms with E-state index < -0.39 is 11.2 Å². The average molecular weight is 456 g/mol. The summed E-state index contributed by atoms with van der Waals surface area (Å²) in [5.41, 5.74) is 0.586. The number of aromatic nitrogens is 4. The van der Waals surface area contributed by atoms with Crippen molar-refractivity contribution >= 4 is 22.8 Å². The third-order valence-corrected chi connectivity index (χ3v) is 5.61. The first-order chi connectivity index (χ1) is 16.0. The predicted octanol–water partition coefficient (Wildman–Crippen LogP) is 3.46. The topological polar surface area (TPSA) is 111 Å². The number of imidazole rings is 1. The quantitative estimate of drug-likeness (QED) is 0.406. The summed E-state index contributed by atoms with van der Waals surface area (Å²) in [5.74, 6) is 1.14. The number of fused-ring (bicyclic) bond motifs is 1. The monoisotopic (exact) mass is 455 g/mol. The molecule has 0 aliphatic carbocycles. The number of methoxy groups -OCH3 is 1. The molecule has 0 unspecified atom stereocenters. The molecule has 178 valence electrons. The first-order valence-corrected chi connectivity index (χ1v) is 11.6. The lowest BCUT2D eigenvalue weighted by molar-refractivity contribution is -0.116. The maximum Gasteiger partial charge on any atom is 0.330 e. The highest BCUT2D eigenvalue weighted by molar-refractivity contribution is 5.91. The van der Waals surface area contributed by atoms with Crippen molar-refractivity contribution in [2.24, 2.45) is 0 Å². The molecule has 0 saturated heterocycles. The van der Waals surface area contributed by atoms with E-state index in [1.807, 2.05) is 23.6 Å². The van der Waals surface area contributed by atoms with Crippen LogP contribution in [0.2, 0.25) is 0 Å². The Morgan fingerprint density at radius 2 is 1.85 bits per heavy atom. The maximum absolute atomic E-state index is 12.7. The smallest absolute Gasteiger partial charge is 0.330 e. The van der Waals surface area contributed by atoms with Gasteiger partial charge in [-0.25, -0.2) is 9.78 Å². The van der Waals surface area contributed by atoms with Crippen molar-refractivity contribution in [3.05, 3.63) is 50.9 Å². The molecule has 0 radical (unpaired) electrons. The van der Waals surface area contributed by atoms with E-state index in [-0.39, 0.29) is 12.3 Å². The van der Waals surface area contributed by atoms with E-state index in [1.54, 1.807) is 19.2 Å². The number of rotatable bonds is 12. The minimum absolute atomic E-state index is 0.160. The lowest BCUT2D eigenvalue weighted by Gasteiger charge is -2.10. The lowest BCUT2D eigenvalue weighted by Crippen LogP contribution is -2.31. The Balaban J connectivity index is 1.88. The summed E-state index contributed by atoms with van der Waals surface area (Å²) in [7, 11) is 1.58. The van der Waals surface area contributed by atoms with Gasteiger partial charge in [0.1, 0.15) is 11.6 Å². The molecule has 0 aliphatic rings. The van der Waals surface area contributed by atoms with Gasteiger partial charge in [0.2, 0.25) is 5.91 Å². The van der Waals surface area contributed by atoms with Crippen LogP contribution in [0.4, 0.5) is 5.69 Å². The molecule has 0 aliphatic heterocycles. The van der Waals surface area contributed by atoms with Gasteiger partial charge in [-0.2, -0.15) is 0 Å². The minimum atomic E-state index is -0.443. The molecule has 3 aromatic rings. The lowest BCUT2D eigenvalue weighted by atomic mass is 10.2. The maximum atomic E-state index is 12.7. The van der Waals surface area contributed by atoms with Crippen molar-refractivity contribution in [1.82, 2.24) is 19.1 Å². The Morgan fingerprint density at radius 1 is 1.09 bits per heavy atom. The van der Waals surface area contributed by atoms with Gasteiger partial charge in [0.25, 0.3) is 5.56 Å². The Labute approximate surface area is 192 Å². The van der Waals surface area contributed by atoms with Crippen LogP contribution in [0.3, 0.4) is 0 Å². The van der Waals surface area contributed by atoms with E-state index >= 15 is 0 Å². The number of unbranched alkanes of at least 4 members (excludes halogenated alkanes) is 3. The second-order valence-corrected chi connectivity index (χ2v) is 8.10. The van der Waals surface area contributed by atoms with E-state index in [2.05, 4.69) is 22.2 Å². The summed E-state index contributed by atoms with van der Waals surface area (Å²) in [6.45, 7) is 5.27. The minimum Gasteiger partial charge on any atom is -0.497 e. The fraction of sp³-hybridized carbons (Fsp3) is 0.500. The second-order valence-electron chi connectivity index (χ2n) is 8.10. The number of nitrogens with one attached hydrogen (secondary N) is 2. The summed E-state index contributed by atoms with van der Waals surface area (Å²) < 4.78 is 8.61. The summed E-state index contributed by atoms with van der Waals surface area (Å²) >= 11 is 0. The Kier molecular flexibility index (Phi) is 8.46. The molecule has 9 heteroatoms. The summed E-state index contributed by atoms with van der Waals surface area (Å²) in [6, 6.07) is 7.17. The van der Waals surface area contributed by atoms with Gasteiger partial charge in [0, 0.05) is 37.7 Å². The van der Waals surface area contributed by atoms with Crippen LogP contribution in [0.15, 0.2) is 33.9 Å². The Hall–Kier alpha value is -3.36. The number of benzene rings is 1. The molecule has 0 saturated carbocycles. The van der Waals surface area contributed by atoms with E-state index in [4.69, 9.17) is 4.74 Å². The number of hydrogen-bond donors (Lipinski definition) is 2. The van der Waals surface area contributed by atoms with Crippen LogP contribution in [0, 0.1) is 0 Å². The number of anilines is 1. The molecule has 33 heavy (non-hydrogen) atoms. The highest BCUT2D eigenvalue weighted by Gasteiger charge is 2.19. The van der Waals surface area contributed by atoms with E-state index in [9.17, 15) is 14.4 Å². The zero-order valence-corrected chi connectivity index (χ0v) is 19.6. The summed E-state index contributed by atoms with van der Waals surface area (Å²) in [4.78, 5) is 44.9. The number of carbonyl (C=O) groups is 1. The van der Waals surface area contributed by atoms with Gasteiger partial charge in [0.15, 0.2) is 11.2 Å². The number of nitrogens with zero attached hydrogens (tertiary/aromatic N) is 3. The van der Waals surface area contributed by atoms with E-state index in [0.29, 0.717) is 47.9 Å². The number of carbonyl (C=O) groups excluding carboxylic acids is 1. The number of H-pyrrole nitrogens is 1. The zero-order chi connectivity index (χ0) is 23.8. The molecule has 2 N–H and O–H groups in total. The van der Waals surface area contributed by atoms with Crippen molar-refractivity contribution in [3.8, 4) is 5.75 Å². The third-order valence-electron chi connectivity index (χ3n) is 5.61. The van der Waals surface area contributed by atoms with Gasteiger partial charge >= 0.3 is 5.69 Å². The van der Waals surface area contributed by atoms with Crippen LogP contribution < -0.4 is 21.3 Å². The highest BCUT2D eigenvalue weighted by Crippen LogP contribution is 2.18. The summed E-state index contributed by atoms with van der Waals surface area (Å²) in [5, 5.41) is 2.87. The SMILES string of the molecule is CCCCCn1c(CCC(=O)Nc2cccc(OC)c2)nc2c1c(=O)[nH]c(=O)n2CCCC. The Morgan fingerprint density at radius 3 is 2.58 bits per heavy atom. The van der Waals surface area contributed by atoms with Crippen molar-refractivity contribution < 1.29 is 9.53 Å². The van der Waals surface area contributed by atoms with Crippen molar-refractivity contribution in [2.45, 2.75) is 71.9 Å². The third kappa shape index (κ3) is 5.91. The van der Waals surface area contributed by atoms with Gasteiger partial charge in [0.05, 0.1) is 7.11 Å². The number of amides is 1. The first-order valence-electron chi connectivity index (χ1n) is 11.6. The van der Waals surface area contributed by atoms with Gasteiger partial charge < -0.3 is 14.6 Å². The van der Waals surface area contributed by atoms with Gasteiger partial charge in [-0.3, -0.25) is 19.1 Å². The fourth-order valence-electron chi connectivity index (χ4n) is 3.84. The van der Waals surface area contributed by atoms with Crippen molar-refractivity contribution in [1.29, 1.82) is 0 Å². The standard InChI is InChI=1S/C24H33N5O4/c1-4-6-8-15-28-19(12-13-20(30)25-17-10-9-11-18(16-17)33-3)26-22-21(28)23(31)27-24(32)29(22)14-7-5-2/h9-11,16H,4-8,12-15H2,1-3H3,(H,25,30)(H,27,31,32). The Bertz CT molecular complexity index is 1210. The fourth-order valence-corrected chi connectivity index (χ4v) is 3.84. The van der Waals surface area contributed by atoms with Crippen LogP contribution in [0.25, 0.3) is 11.2 Å². The number of ether oxygens (including phenoxy) is 1. The molecule has 9 nitrogen and oxygen atoms in total. The van der Waals surface area contributed by atoms with Crippen LogP contribution in [-0.2, 0) is 24.3 Å². The average Bonchev–Trinajstić information content (AvgIpc) is 3.16. The molecule has 1 aromatic carbocycles. The van der Waals surface area contributed by atoms with Gasteiger partial charge in [-0.1, -0.05) is 39.2 Å². The first kappa shape index (κ1) is 24.3. The normalized spacial score (nSPS) is 11.1. The van der Waals surface area contributed by atoms with Crippen molar-refractivity contribution in [2.75, 3.05) is 12.4 Å². The molecule has 3 rings (SSSR count).